The van der Waals surface area contributed by atoms with Gasteiger partial charge in [0, 0.05) is 12.7 Å². The normalized spacial score (nSPS) is 32.1. The number of halogens is 3. The predicted octanol–water partition coefficient (Wildman–Crippen LogP) is 2.57. The highest BCUT2D eigenvalue weighted by molar-refractivity contribution is 5.30. The molecular weight excluding hydrogens is 229 g/mol. The van der Waals surface area contributed by atoms with Gasteiger partial charge in [-0.25, -0.2) is 0 Å². The SMILES string of the molecule is FC(F)(F)c1ccc([C@H]2C[C@]23CCNC3)cn1. The van der Waals surface area contributed by atoms with Crippen molar-refractivity contribution < 1.29 is 13.2 Å². The number of hydrogen-bond donors (Lipinski definition) is 1. The second kappa shape index (κ2) is 3.45. The maximum atomic E-state index is 12.4. The number of rotatable bonds is 1. The lowest BCUT2D eigenvalue weighted by Crippen LogP contribution is -2.11. The van der Waals surface area contributed by atoms with Gasteiger partial charge < -0.3 is 5.32 Å². The van der Waals surface area contributed by atoms with E-state index in [1.165, 1.54) is 6.20 Å². The van der Waals surface area contributed by atoms with Crippen LogP contribution in [0.4, 0.5) is 13.2 Å². The molecule has 0 radical (unpaired) electrons. The van der Waals surface area contributed by atoms with Gasteiger partial charge in [-0.05, 0) is 42.3 Å². The minimum absolute atomic E-state index is 0.307. The van der Waals surface area contributed by atoms with E-state index in [1.54, 1.807) is 6.07 Å². The minimum Gasteiger partial charge on any atom is -0.316 e. The van der Waals surface area contributed by atoms with Gasteiger partial charge in [-0.2, -0.15) is 13.2 Å². The summed E-state index contributed by atoms with van der Waals surface area (Å²) in [6, 6.07) is 2.66. The van der Waals surface area contributed by atoms with E-state index in [4.69, 9.17) is 0 Å². The number of aromatic nitrogens is 1. The Bertz CT molecular complexity index is 418. The van der Waals surface area contributed by atoms with Gasteiger partial charge >= 0.3 is 6.18 Å². The van der Waals surface area contributed by atoms with Crippen LogP contribution in [-0.4, -0.2) is 18.1 Å². The lowest BCUT2D eigenvalue weighted by molar-refractivity contribution is -0.141. The zero-order valence-corrected chi connectivity index (χ0v) is 9.22. The fraction of sp³-hybridized carbons (Fsp3) is 0.583. The molecule has 1 N–H and O–H groups in total. The molecule has 1 aliphatic carbocycles. The van der Waals surface area contributed by atoms with Crippen molar-refractivity contribution in [2.75, 3.05) is 13.1 Å². The summed E-state index contributed by atoms with van der Waals surface area (Å²) in [5, 5.41) is 3.31. The maximum Gasteiger partial charge on any atom is 0.433 e. The Balaban J connectivity index is 1.78. The number of nitrogens with zero attached hydrogens (tertiary/aromatic N) is 1. The first-order chi connectivity index (χ1) is 8.01. The largest absolute Gasteiger partial charge is 0.433 e. The Morgan fingerprint density at radius 2 is 2.18 bits per heavy atom. The standard InChI is InChI=1S/C12H13F3N2/c13-12(14,15)10-2-1-8(6-17-10)9-5-11(9)3-4-16-7-11/h1-2,6,9,16H,3-5,7H2/t9-,11+/m1/s1. The predicted molar refractivity (Wildman–Crippen MR) is 56.5 cm³/mol. The molecule has 2 fully saturated rings. The summed E-state index contributed by atoms with van der Waals surface area (Å²) in [5.74, 6) is 0.396. The van der Waals surface area contributed by atoms with Crippen molar-refractivity contribution in [3.8, 4) is 0 Å². The van der Waals surface area contributed by atoms with Crippen molar-refractivity contribution in [2.45, 2.75) is 24.9 Å². The second-order valence-corrected chi connectivity index (χ2v) is 5.02. The number of nitrogens with one attached hydrogen (secondary N) is 1. The molecule has 0 unspecified atom stereocenters. The van der Waals surface area contributed by atoms with Crippen LogP contribution in [0.15, 0.2) is 18.3 Å². The van der Waals surface area contributed by atoms with Crippen LogP contribution >= 0.6 is 0 Å². The fourth-order valence-corrected chi connectivity index (χ4v) is 2.83. The molecule has 0 bridgehead atoms. The van der Waals surface area contributed by atoms with Crippen molar-refractivity contribution in [1.29, 1.82) is 0 Å². The highest BCUT2D eigenvalue weighted by Crippen LogP contribution is 2.62. The van der Waals surface area contributed by atoms with Crippen LogP contribution in [0.25, 0.3) is 0 Å². The fourth-order valence-electron chi connectivity index (χ4n) is 2.83. The molecule has 5 heteroatoms. The van der Waals surface area contributed by atoms with Crippen molar-refractivity contribution in [2.24, 2.45) is 5.41 Å². The average molecular weight is 242 g/mol. The zero-order chi connectivity index (χ0) is 12.1. The molecule has 1 spiro atoms. The van der Waals surface area contributed by atoms with Gasteiger partial charge in [0.2, 0.25) is 0 Å². The minimum atomic E-state index is -4.34. The average Bonchev–Trinajstić information content (AvgIpc) is 2.76. The topological polar surface area (TPSA) is 24.9 Å². The van der Waals surface area contributed by atoms with E-state index in [0.29, 0.717) is 11.3 Å². The molecule has 1 saturated heterocycles. The third kappa shape index (κ3) is 1.82. The van der Waals surface area contributed by atoms with Gasteiger partial charge in [0.25, 0.3) is 0 Å². The molecule has 17 heavy (non-hydrogen) atoms. The summed E-state index contributed by atoms with van der Waals surface area (Å²) in [5.41, 5.74) is 0.448. The number of hydrogen-bond acceptors (Lipinski definition) is 2. The smallest absolute Gasteiger partial charge is 0.316 e. The molecule has 1 aromatic rings. The van der Waals surface area contributed by atoms with E-state index < -0.39 is 11.9 Å². The van der Waals surface area contributed by atoms with Gasteiger partial charge in [-0.1, -0.05) is 6.07 Å². The van der Waals surface area contributed by atoms with Gasteiger partial charge in [0.15, 0.2) is 0 Å². The molecule has 1 aromatic heterocycles. The quantitative estimate of drug-likeness (QED) is 0.818. The van der Waals surface area contributed by atoms with Crippen LogP contribution in [0.2, 0.25) is 0 Å². The third-order valence-corrected chi connectivity index (χ3v) is 3.95. The third-order valence-electron chi connectivity index (χ3n) is 3.95. The van der Waals surface area contributed by atoms with Crippen LogP contribution in [0.3, 0.4) is 0 Å². The zero-order valence-electron chi connectivity index (χ0n) is 9.22. The molecule has 92 valence electrons. The van der Waals surface area contributed by atoms with E-state index in [0.717, 1.165) is 37.6 Å². The first kappa shape index (κ1) is 11.0. The molecule has 0 aromatic carbocycles. The summed E-state index contributed by atoms with van der Waals surface area (Å²) < 4.78 is 37.1. The van der Waals surface area contributed by atoms with Crippen LogP contribution in [0.1, 0.15) is 30.0 Å². The van der Waals surface area contributed by atoms with Crippen LogP contribution in [0, 0.1) is 5.41 Å². The molecule has 3 rings (SSSR count). The maximum absolute atomic E-state index is 12.4. The van der Waals surface area contributed by atoms with Crippen molar-refractivity contribution in [3.63, 3.8) is 0 Å². The Labute approximate surface area is 97.2 Å². The Morgan fingerprint density at radius 1 is 1.35 bits per heavy atom. The van der Waals surface area contributed by atoms with E-state index in [9.17, 15) is 13.2 Å². The number of alkyl halides is 3. The molecular formula is C12H13F3N2. The lowest BCUT2D eigenvalue weighted by Gasteiger charge is -2.09. The van der Waals surface area contributed by atoms with Crippen molar-refractivity contribution >= 4 is 0 Å². The Kier molecular flexibility index (Phi) is 2.23. The van der Waals surface area contributed by atoms with Crippen molar-refractivity contribution in [1.82, 2.24) is 10.3 Å². The van der Waals surface area contributed by atoms with E-state index in [2.05, 4.69) is 10.3 Å². The summed E-state index contributed by atoms with van der Waals surface area (Å²) in [4.78, 5) is 3.52. The highest BCUT2D eigenvalue weighted by Gasteiger charge is 2.55. The molecule has 1 aliphatic heterocycles. The molecule has 2 aliphatic rings. The second-order valence-electron chi connectivity index (χ2n) is 5.02. The van der Waals surface area contributed by atoms with Crippen LogP contribution < -0.4 is 5.32 Å². The summed E-state index contributed by atoms with van der Waals surface area (Å²) in [6.07, 6.45) is -0.749. The van der Waals surface area contributed by atoms with E-state index in [1.807, 2.05) is 0 Å². The van der Waals surface area contributed by atoms with Crippen LogP contribution in [0.5, 0.6) is 0 Å². The van der Waals surface area contributed by atoms with Gasteiger partial charge in [0.05, 0.1) is 0 Å². The van der Waals surface area contributed by atoms with E-state index >= 15 is 0 Å². The Hall–Kier alpha value is -1.10. The summed E-state index contributed by atoms with van der Waals surface area (Å²) >= 11 is 0. The molecule has 0 amide bonds. The monoisotopic (exact) mass is 242 g/mol. The summed E-state index contributed by atoms with van der Waals surface area (Å²) in [7, 11) is 0. The Morgan fingerprint density at radius 3 is 2.71 bits per heavy atom. The van der Waals surface area contributed by atoms with Crippen molar-refractivity contribution in [3.05, 3.63) is 29.6 Å². The highest BCUT2D eigenvalue weighted by atomic mass is 19.4. The molecule has 2 nitrogen and oxygen atoms in total. The van der Waals surface area contributed by atoms with Gasteiger partial charge in [-0.3, -0.25) is 4.98 Å². The molecule has 2 heterocycles. The first-order valence-corrected chi connectivity index (χ1v) is 5.75. The van der Waals surface area contributed by atoms with Gasteiger partial charge in [-0.15, -0.1) is 0 Å². The molecule has 1 saturated carbocycles. The van der Waals surface area contributed by atoms with E-state index in [-0.39, 0.29) is 0 Å². The lowest BCUT2D eigenvalue weighted by atomic mass is 9.99. The van der Waals surface area contributed by atoms with Gasteiger partial charge in [0.1, 0.15) is 5.69 Å². The number of pyridine rings is 1. The summed E-state index contributed by atoms with van der Waals surface area (Å²) in [6.45, 7) is 2.00. The molecule has 2 atom stereocenters. The first-order valence-electron chi connectivity index (χ1n) is 5.75. The van der Waals surface area contributed by atoms with Crippen LogP contribution in [-0.2, 0) is 6.18 Å².